The van der Waals surface area contributed by atoms with Crippen molar-refractivity contribution in [3.8, 4) is 0 Å². The zero-order valence-electron chi connectivity index (χ0n) is 18.2. The van der Waals surface area contributed by atoms with E-state index in [-0.39, 0.29) is 11.8 Å². The average Bonchev–Trinajstić information content (AvgIpc) is 3.43. The fraction of sp³-hybridized carbons (Fsp3) is 0.571. The van der Waals surface area contributed by atoms with Gasteiger partial charge in [0.1, 0.15) is 5.69 Å². The molecule has 4 rings (SSSR count). The first-order valence-electron chi connectivity index (χ1n) is 10.6. The summed E-state index contributed by atoms with van der Waals surface area (Å²) in [5.41, 5.74) is 2.50. The molecule has 1 amide bonds. The zero-order chi connectivity index (χ0) is 24.0. The summed E-state index contributed by atoms with van der Waals surface area (Å²) in [6.07, 6.45) is 6.58. The number of fused-ring (bicyclic) bond motifs is 1. The van der Waals surface area contributed by atoms with Crippen LogP contribution in [0.15, 0.2) is 24.9 Å². The third-order valence-corrected chi connectivity index (χ3v) is 5.69. The van der Waals surface area contributed by atoms with Crippen molar-refractivity contribution >= 4 is 11.9 Å². The molecule has 1 fully saturated rings. The Balaban J connectivity index is 0.000000383. The molecule has 0 radical (unpaired) electrons. The number of carbonyl (C=O) groups is 2. The van der Waals surface area contributed by atoms with Gasteiger partial charge < -0.3 is 19.3 Å². The van der Waals surface area contributed by atoms with Crippen LogP contribution in [0, 0.1) is 5.92 Å². The van der Waals surface area contributed by atoms with E-state index in [2.05, 4.69) is 19.5 Å². The molecule has 33 heavy (non-hydrogen) atoms. The number of imidazole rings is 1. The van der Waals surface area contributed by atoms with Crippen LogP contribution in [0.1, 0.15) is 53.5 Å². The highest BCUT2D eigenvalue weighted by atomic mass is 19.4. The second-order valence-electron chi connectivity index (χ2n) is 8.15. The highest BCUT2D eigenvalue weighted by molar-refractivity contribution is 5.92. The lowest BCUT2D eigenvalue weighted by Crippen LogP contribution is -2.40. The van der Waals surface area contributed by atoms with Crippen LogP contribution in [0.25, 0.3) is 0 Å². The van der Waals surface area contributed by atoms with Crippen molar-refractivity contribution in [2.24, 2.45) is 13.0 Å². The van der Waals surface area contributed by atoms with Crippen molar-refractivity contribution in [1.29, 1.82) is 0 Å². The average molecular weight is 469 g/mol. The Morgan fingerprint density at radius 1 is 1.18 bits per heavy atom. The van der Waals surface area contributed by atoms with E-state index < -0.39 is 12.1 Å². The number of carboxylic acid groups (broad SMARTS) is 1. The molecule has 9 nitrogen and oxygen atoms in total. The molecule has 1 aliphatic heterocycles. The van der Waals surface area contributed by atoms with Crippen LogP contribution < -0.4 is 0 Å². The van der Waals surface area contributed by atoms with Crippen molar-refractivity contribution in [2.75, 3.05) is 19.8 Å². The maximum Gasteiger partial charge on any atom is 0.490 e. The minimum atomic E-state index is -5.08. The number of aromatic nitrogens is 4. The Morgan fingerprint density at radius 3 is 2.48 bits per heavy atom. The number of halogens is 3. The van der Waals surface area contributed by atoms with Crippen LogP contribution in [0.2, 0.25) is 0 Å². The Bertz CT molecular complexity index is 945. The van der Waals surface area contributed by atoms with Gasteiger partial charge >= 0.3 is 12.1 Å². The van der Waals surface area contributed by atoms with Crippen molar-refractivity contribution in [3.63, 3.8) is 0 Å². The molecule has 0 aromatic carbocycles. The summed E-state index contributed by atoms with van der Waals surface area (Å²) >= 11 is 0. The van der Waals surface area contributed by atoms with Crippen LogP contribution in [0.3, 0.4) is 0 Å². The Kier molecular flexibility index (Phi) is 8.01. The SMILES string of the molecule is Cn1cnc2c1C(COCC1CCCC1)CN(C(=O)c1cnccn1)C2.O=C(O)C(F)(F)F. The summed E-state index contributed by atoms with van der Waals surface area (Å²) in [4.78, 5) is 36.1. The van der Waals surface area contributed by atoms with Gasteiger partial charge in [0, 0.05) is 44.2 Å². The van der Waals surface area contributed by atoms with Gasteiger partial charge in [0.2, 0.25) is 0 Å². The zero-order valence-corrected chi connectivity index (χ0v) is 18.2. The van der Waals surface area contributed by atoms with E-state index in [1.165, 1.54) is 37.6 Å². The number of rotatable bonds is 5. The van der Waals surface area contributed by atoms with Crippen molar-refractivity contribution in [1.82, 2.24) is 24.4 Å². The van der Waals surface area contributed by atoms with Crippen LogP contribution in [-0.2, 0) is 23.1 Å². The van der Waals surface area contributed by atoms with Crippen LogP contribution >= 0.6 is 0 Å². The maximum absolute atomic E-state index is 12.8. The van der Waals surface area contributed by atoms with Crippen LogP contribution in [-0.4, -0.2) is 67.3 Å². The highest BCUT2D eigenvalue weighted by Gasteiger charge is 2.38. The second-order valence-corrected chi connectivity index (χ2v) is 8.15. The molecule has 1 unspecified atom stereocenters. The number of hydrogen-bond donors (Lipinski definition) is 1. The second kappa shape index (κ2) is 10.7. The molecule has 12 heteroatoms. The molecule has 180 valence electrons. The molecular weight excluding hydrogens is 443 g/mol. The van der Waals surface area contributed by atoms with E-state index in [1.54, 1.807) is 12.4 Å². The first kappa shape index (κ1) is 24.6. The van der Waals surface area contributed by atoms with Gasteiger partial charge in [0.15, 0.2) is 0 Å². The van der Waals surface area contributed by atoms with Gasteiger partial charge in [-0.15, -0.1) is 0 Å². The summed E-state index contributed by atoms with van der Waals surface area (Å²) in [5, 5.41) is 7.12. The van der Waals surface area contributed by atoms with Crippen LogP contribution in [0.4, 0.5) is 13.2 Å². The molecule has 0 saturated heterocycles. The summed E-state index contributed by atoms with van der Waals surface area (Å²) in [5.74, 6) is -2.03. The van der Waals surface area contributed by atoms with E-state index in [9.17, 15) is 18.0 Å². The fourth-order valence-electron chi connectivity index (χ4n) is 4.14. The lowest BCUT2D eigenvalue weighted by atomic mass is 9.98. The summed E-state index contributed by atoms with van der Waals surface area (Å²) in [7, 11) is 2.01. The number of ether oxygens (including phenoxy) is 1. The molecule has 2 aromatic heterocycles. The first-order chi connectivity index (χ1) is 15.7. The molecule has 1 N–H and O–H groups in total. The topological polar surface area (TPSA) is 110 Å². The molecule has 1 saturated carbocycles. The van der Waals surface area contributed by atoms with E-state index >= 15 is 0 Å². The number of aryl methyl sites for hydroxylation is 1. The van der Waals surface area contributed by atoms with Gasteiger partial charge in [-0.3, -0.25) is 9.78 Å². The molecule has 1 aliphatic carbocycles. The van der Waals surface area contributed by atoms with E-state index in [1.807, 2.05) is 18.3 Å². The molecule has 3 heterocycles. The van der Waals surface area contributed by atoms with E-state index in [4.69, 9.17) is 14.6 Å². The number of amides is 1. The van der Waals surface area contributed by atoms with Crippen molar-refractivity contribution in [2.45, 2.75) is 44.3 Å². The standard InChI is InChI=1S/C19H25N5O2.C2HF3O2/c1-23-13-22-17-10-24(19(25)16-8-20-6-7-21-16)9-15(18(17)23)12-26-11-14-4-2-3-5-14;3-2(4,5)1(6)7/h6-8,13-15H,2-5,9-12H2,1H3;(H,6,7). The van der Waals surface area contributed by atoms with Crippen LogP contribution in [0.5, 0.6) is 0 Å². The third-order valence-electron chi connectivity index (χ3n) is 5.69. The quantitative estimate of drug-likeness (QED) is 0.717. The number of aliphatic carboxylic acids is 1. The Hall–Kier alpha value is -3.02. The lowest BCUT2D eigenvalue weighted by molar-refractivity contribution is -0.192. The van der Waals surface area contributed by atoms with Crippen molar-refractivity contribution in [3.05, 3.63) is 42.0 Å². The first-order valence-corrected chi connectivity index (χ1v) is 10.6. The maximum atomic E-state index is 12.8. The number of nitrogens with zero attached hydrogens (tertiary/aromatic N) is 5. The third kappa shape index (κ3) is 6.50. The fourth-order valence-corrected chi connectivity index (χ4v) is 4.14. The summed E-state index contributed by atoms with van der Waals surface area (Å²) < 4.78 is 39.9. The van der Waals surface area contributed by atoms with Gasteiger partial charge in [0.05, 0.1) is 31.4 Å². The normalized spacial score (nSPS) is 18.4. The summed E-state index contributed by atoms with van der Waals surface area (Å²) in [6.45, 7) is 2.56. The van der Waals surface area contributed by atoms with Crippen molar-refractivity contribution < 1.29 is 32.6 Å². The molecule has 1 atom stereocenters. The molecular formula is C21H26F3N5O4. The number of carbonyl (C=O) groups excluding carboxylic acids is 1. The number of alkyl halides is 3. The Morgan fingerprint density at radius 2 is 1.88 bits per heavy atom. The predicted molar refractivity (Wildman–Crippen MR) is 109 cm³/mol. The van der Waals surface area contributed by atoms with Gasteiger partial charge in [-0.05, 0) is 18.8 Å². The summed E-state index contributed by atoms with van der Waals surface area (Å²) in [6, 6.07) is 0. The number of hydrogen-bond acceptors (Lipinski definition) is 6. The van der Waals surface area contributed by atoms with Gasteiger partial charge in [-0.25, -0.2) is 14.8 Å². The van der Waals surface area contributed by atoms with E-state index in [0.717, 1.165) is 12.3 Å². The molecule has 0 bridgehead atoms. The van der Waals surface area contributed by atoms with E-state index in [0.29, 0.717) is 31.3 Å². The Labute approximate surface area is 188 Å². The minimum absolute atomic E-state index is 0.102. The van der Waals surface area contributed by atoms with Gasteiger partial charge in [-0.1, -0.05) is 12.8 Å². The largest absolute Gasteiger partial charge is 0.490 e. The number of carboxylic acids is 1. The molecule has 2 aliphatic rings. The van der Waals surface area contributed by atoms with Gasteiger partial charge in [-0.2, -0.15) is 13.2 Å². The lowest BCUT2D eigenvalue weighted by Gasteiger charge is -2.32. The van der Waals surface area contributed by atoms with Gasteiger partial charge in [0.25, 0.3) is 5.91 Å². The molecule has 0 spiro atoms. The minimum Gasteiger partial charge on any atom is -0.475 e. The molecule has 2 aromatic rings. The monoisotopic (exact) mass is 469 g/mol. The smallest absolute Gasteiger partial charge is 0.475 e. The predicted octanol–water partition coefficient (Wildman–Crippen LogP) is 2.79. The highest BCUT2D eigenvalue weighted by Crippen LogP contribution is 2.30.